The zero-order valence-corrected chi connectivity index (χ0v) is 42.0. The van der Waals surface area contributed by atoms with Crippen LogP contribution in [-0.2, 0) is 15.4 Å². The second-order valence-corrected chi connectivity index (χ2v) is 23.5. The minimum Gasteiger partial charge on any atom is -0.309 e. The van der Waals surface area contributed by atoms with Gasteiger partial charge < -0.3 is 4.57 Å². The van der Waals surface area contributed by atoms with Crippen molar-refractivity contribution in [3.63, 3.8) is 0 Å². The highest BCUT2D eigenvalue weighted by molar-refractivity contribution is 7.85. The van der Waals surface area contributed by atoms with Crippen molar-refractivity contribution >= 4 is 46.2 Å². The van der Waals surface area contributed by atoms with Crippen LogP contribution in [0.15, 0.2) is 176 Å². The second-order valence-electron chi connectivity index (χ2n) is 20.8. The number of fused-ring (bicyclic) bond motifs is 2. The van der Waals surface area contributed by atoms with Crippen molar-refractivity contribution in [2.24, 2.45) is 5.92 Å². The lowest BCUT2D eigenvalue weighted by atomic mass is 9.34. The van der Waals surface area contributed by atoms with Gasteiger partial charge in [0.1, 0.15) is 0 Å². The van der Waals surface area contributed by atoms with E-state index in [-0.39, 0.29) is 17.5 Å². The molecule has 10 rings (SSSR count). The van der Waals surface area contributed by atoms with Crippen molar-refractivity contribution in [2.45, 2.75) is 104 Å². The summed E-state index contributed by atoms with van der Waals surface area (Å²) in [6.07, 6.45) is 8.47. The molecule has 1 heterocycles. The Labute approximate surface area is 406 Å². The molecule has 2 fully saturated rings. The summed E-state index contributed by atoms with van der Waals surface area (Å²) in [4.78, 5) is 5.37. The van der Waals surface area contributed by atoms with E-state index in [1.807, 2.05) is 60.7 Å². The Morgan fingerprint density at radius 3 is 1.62 bits per heavy atom. The molecule has 0 radical (unpaired) electrons. The summed E-state index contributed by atoms with van der Waals surface area (Å²) < 4.78 is 15.3. The fourth-order valence-electron chi connectivity index (χ4n) is 13.3. The number of hydrogen-bond donors (Lipinski definition) is 0. The largest absolute Gasteiger partial charge is 0.309 e. The molecule has 0 saturated heterocycles. The van der Waals surface area contributed by atoms with Crippen LogP contribution in [0.2, 0.25) is 0 Å². The summed E-state index contributed by atoms with van der Waals surface area (Å²) in [5.41, 5.74) is 19.4. The number of pyridine rings is 1. The van der Waals surface area contributed by atoms with Crippen LogP contribution in [-0.4, -0.2) is 11.7 Å². The Morgan fingerprint density at radius 2 is 1.06 bits per heavy atom. The van der Waals surface area contributed by atoms with Crippen LogP contribution < -0.4 is 32.3 Å². The van der Waals surface area contributed by atoms with Gasteiger partial charge in [0.2, 0.25) is 6.71 Å². The van der Waals surface area contributed by atoms with Crippen molar-refractivity contribution in [1.29, 1.82) is 0 Å². The molecule has 0 amide bonds. The third-order valence-corrected chi connectivity index (χ3v) is 19.3. The first-order chi connectivity index (χ1) is 32.9. The Bertz CT molecular complexity index is 3010. The van der Waals surface area contributed by atoms with Crippen molar-refractivity contribution in [2.75, 3.05) is 0 Å². The molecule has 0 spiro atoms. The van der Waals surface area contributed by atoms with Gasteiger partial charge in [0, 0.05) is 21.5 Å². The summed E-state index contributed by atoms with van der Waals surface area (Å²) in [6.45, 7) is 16.0. The Balaban J connectivity index is 0.953. The monoisotopic (exact) mass is 905 g/mol. The van der Waals surface area contributed by atoms with E-state index in [1.165, 1.54) is 93.0 Å². The number of benzene rings is 7. The molecule has 7 aromatic carbocycles. The van der Waals surface area contributed by atoms with Crippen LogP contribution in [0.5, 0.6) is 0 Å². The molecule has 340 valence electrons. The first kappa shape index (κ1) is 45.8. The van der Waals surface area contributed by atoms with Gasteiger partial charge in [-0.3, -0.25) is 0 Å². The molecule has 68 heavy (non-hydrogen) atoms. The molecule has 2 aliphatic rings. The van der Waals surface area contributed by atoms with Gasteiger partial charge in [0.15, 0.2) is 7.14 Å². The van der Waals surface area contributed by atoms with Gasteiger partial charge in [-0.05, 0) is 119 Å². The molecule has 1 aromatic heterocycles. The average Bonchev–Trinajstić information content (AvgIpc) is 3.35. The predicted molar refractivity (Wildman–Crippen MR) is 292 cm³/mol. The van der Waals surface area contributed by atoms with Gasteiger partial charge in [0.05, 0.1) is 11.4 Å². The van der Waals surface area contributed by atoms with Crippen LogP contribution in [0.25, 0.3) is 22.5 Å². The fraction of sp³-hybridized carbons (Fsp3) is 0.266. The van der Waals surface area contributed by atoms with Crippen molar-refractivity contribution < 1.29 is 4.57 Å². The Hall–Kier alpha value is -6.02. The number of hydrogen-bond acceptors (Lipinski definition) is 2. The molecular formula is C64H65BNOP. The van der Waals surface area contributed by atoms with Gasteiger partial charge in [-0.15, -0.1) is 0 Å². The van der Waals surface area contributed by atoms with E-state index < -0.39 is 7.14 Å². The van der Waals surface area contributed by atoms with Gasteiger partial charge in [0.25, 0.3) is 0 Å². The quantitative estimate of drug-likeness (QED) is 0.0956. The van der Waals surface area contributed by atoms with E-state index in [1.54, 1.807) is 0 Å². The van der Waals surface area contributed by atoms with E-state index >= 15 is 4.57 Å². The molecular weight excluding hydrogens is 840 g/mol. The van der Waals surface area contributed by atoms with Crippen molar-refractivity contribution in [1.82, 2.24) is 4.98 Å². The molecule has 8 aromatic rings. The first-order valence-corrected chi connectivity index (χ1v) is 26.8. The van der Waals surface area contributed by atoms with Crippen LogP contribution in [0.1, 0.15) is 96.4 Å². The van der Waals surface area contributed by atoms with E-state index in [4.69, 9.17) is 4.98 Å². The highest BCUT2D eigenvalue weighted by Gasteiger charge is 2.51. The third-order valence-electron chi connectivity index (χ3n) is 16.2. The molecule has 0 N–H and O–H groups in total. The molecule has 4 heteroatoms. The number of nitrogens with zero attached hydrogens (tertiary/aromatic N) is 1. The number of rotatable bonds is 11. The summed E-state index contributed by atoms with van der Waals surface area (Å²) in [5, 5.41) is 2.66. The topological polar surface area (TPSA) is 30.0 Å². The summed E-state index contributed by atoms with van der Waals surface area (Å²) in [5.74, 6) is 0.683. The van der Waals surface area contributed by atoms with Gasteiger partial charge in [-0.1, -0.05) is 233 Å². The van der Waals surface area contributed by atoms with E-state index in [0.717, 1.165) is 51.3 Å². The molecule has 0 aliphatic heterocycles. The Kier molecular flexibility index (Phi) is 12.4. The van der Waals surface area contributed by atoms with Crippen molar-refractivity contribution in [3.05, 3.63) is 220 Å². The van der Waals surface area contributed by atoms with Gasteiger partial charge in [-0.2, -0.15) is 0 Å². The van der Waals surface area contributed by atoms with Gasteiger partial charge >= 0.3 is 0 Å². The molecule has 2 saturated carbocycles. The fourth-order valence-corrected chi connectivity index (χ4v) is 15.9. The standard InChI is InChI=1S/C64H65BNOP/c1-8-63(53-31-33-58(34-32-53)68(67,56-21-11-9-12-22-56)57-23-13-10-14-24-57)41-50-18-17-35-64(42-50,43-63)54-29-27-51(28-30-54)59-25-16-26-60(66-59)52-19-15-20-55(40-52)65(61-46(4)36-44(2)37-47(61)5)62-48(6)38-45(3)39-49(62)7/h9-16,19-34,36-40,50H,8,17-18,35,41-43H2,1-7H3. The van der Waals surface area contributed by atoms with Crippen LogP contribution >= 0.6 is 7.14 Å². The second kappa shape index (κ2) is 18.5. The molecule has 2 aliphatic carbocycles. The molecule has 2 nitrogen and oxygen atoms in total. The normalized spacial score (nSPS) is 19.1. The molecule has 3 unspecified atom stereocenters. The van der Waals surface area contributed by atoms with Gasteiger partial charge in [-0.25, -0.2) is 4.98 Å². The third kappa shape index (κ3) is 8.36. The predicted octanol–water partition coefficient (Wildman–Crippen LogP) is 13.0. The zero-order valence-electron chi connectivity index (χ0n) is 41.2. The van der Waals surface area contributed by atoms with Crippen LogP contribution in [0.4, 0.5) is 0 Å². The lowest BCUT2D eigenvalue weighted by molar-refractivity contribution is 0.0757. The molecule has 3 atom stereocenters. The minimum atomic E-state index is -3.04. The smallest absolute Gasteiger partial charge is 0.242 e. The maximum Gasteiger partial charge on any atom is 0.242 e. The highest BCUT2D eigenvalue weighted by Crippen LogP contribution is 2.59. The number of aromatic nitrogens is 1. The minimum absolute atomic E-state index is 0.0567. The van der Waals surface area contributed by atoms with Crippen LogP contribution in [0, 0.1) is 47.5 Å². The highest BCUT2D eigenvalue weighted by atomic mass is 31.2. The first-order valence-electron chi connectivity index (χ1n) is 25.1. The SMILES string of the molecule is CCC1(c2ccc(P(=O)(c3ccccc3)c3ccccc3)cc2)CC2CCCC(c3ccc(-c4cccc(-c5cccc(B(c6c(C)cc(C)cc6C)c6c(C)cc(C)cc6C)c5)n4)cc3)(C2)C1. The summed E-state index contributed by atoms with van der Waals surface area (Å²) in [6, 6.07) is 63.7. The lowest BCUT2D eigenvalue weighted by Crippen LogP contribution is -2.55. The van der Waals surface area contributed by atoms with E-state index in [9.17, 15) is 0 Å². The van der Waals surface area contributed by atoms with Crippen molar-refractivity contribution in [3.8, 4) is 22.5 Å². The van der Waals surface area contributed by atoms with Crippen LogP contribution in [0.3, 0.4) is 0 Å². The summed E-state index contributed by atoms with van der Waals surface area (Å²) in [7, 11) is -3.04. The lowest BCUT2D eigenvalue weighted by Gasteiger charge is -2.54. The van der Waals surface area contributed by atoms with E-state index in [0.29, 0.717) is 5.92 Å². The Morgan fingerprint density at radius 1 is 0.544 bits per heavy atom. The van der Waals surface area contributed by atoms with E-state index in [2.05, 4.69) is 164 Å². The number of aryl methyl sites for hydroxylation is 6. The molecule has 2 bridgehead atoms. The maximum atomic E-state index is 15.3. The summed E-state index contributed by atoms with van der Waals surface area (Å²) >= 11 is 0. The maximum absolute atomic E-state index is 15.3. The average molecular weight is 906 g/mol. The zero-order chi connectivity index (χ0) is 47.2.